The van der Waals surface area contributed by atoms with Crippen LogP contribution in [0.25, 0.3) is 0 Å². The van der Waals surface area contributed by atoms with Gasteiger partial charge in [0.25, 0.3) is 0 Å². The van der Waals surface area contributed by atoms with Crippen molar-refractivity contribution < 1.29 is 9.90 Å². The largest absolute Gasteiger partial charge is 0.371 e. The molecule has 0 aromatic heterocycles. The number of nitrogens with one attached hydrogen (secondary N) is 1. The number of aliphatic hydroxyl groups is 1. The van der Waals surface area contributed by atoms with E-state index in [1.54, 1.807) is 6.92 Å². The van der Waals surface area contributed by atoms with Gasteiger partial charge in [-0.15, -0.1) is 0 Å². The van der Waals surface area contributed by atoms with Crippen molar-refractivity contribution in [3.8, 4) is 0 Å². The van der Waals surface area contributed by atoms with Crippen LogP contribution in [0.2, 0.25) is 0 Å². The van der Waals surface area contributed by atoms with Crippen LogP contribution < -0.4 is 5.32 Å². The van der Waals surface area contributed by atoms with Gasteiger partial charge in [-0.3, -0.25) is 4.79 Å². The van der Waals surface area contributed by atoms with Crippen LogP contribution in [0.5, 0.6) is 0 Å². The fourth-order valence-electron chi connectivity index (χ4n) is 1.88. The SMILES string of the molecule is CCC1C(C)C(=O)NC1(C)O. The number of rotatable bonds is 1. The highest BCUT2D eigenvalue weighted by atomic mass is 16.3. The Balaban J connectivity index is 2.81. The Morgan fingerprint density at radius 1 is 1.73 bits per heavy atom. The zero-order chi connectivity index (χ0) is 8.65. The van der Waals surface area contributed by atoms with Gasteiger partial charge in [-0.1, -0.05) is 13.8 Å². The standard InChI is InChI=1S/C8H15NO2/c1-4-6-5(2)7(10)9-8(6,3)11/h5-6,11H,4H2,1-3H3,(H,9,10). The number of carbonyl (C=O) groups excluding carboxylic acids is 1. The molecule has 11 heavy (non-hydrogen) atoms. The van der Waals surface area contributed by atoms with Crippen LogP contribution in [0, 0.1) is 11.8 Å². The maximum absolute atomic E-state index is 11.1. The Bertz CT molecular complexity index is 177. The molecule has 1 saturated heterocycles. The maximum Gasteiger partial charge on any atom is 0.225 e. The summed E-state index contributed by atoms with van der Waals surface area (Å²) in [5.74, 6) is -0.0492. The summed E-state index contributed by atoms with van der Waals surface area (Å²) in [4.78, 5) is 11.1. The molecule has 0 aromatic carbocycles. The molecule has 0 radical (unpaired) electrons. The molecule has 1 aliphatic rings. The average Bonchev–Trinajstić information content (AvgIpc) is 2.03. The third kappa shape index (κ3) is 1.25. The van der Waals surface area contributed by atoms with E-state index in [4.69, 9.17) is 0 Å². The van der Waals surface area contributed by atoms with Crippen molar-refractivity contribution in [2.24, 2.45) is 11.8 Å². The molecule has 1 rings (SSSR count). The van der Waals surface area contributed by atoms with Crippen LogP contribution in [0.4, 0.5) is 0 Å². The molecule has 0 spiro atoms. The summed E-state index contributed by atoms with van der Waals surface area (Å²) in [6, 6.07) is 0. The van der Waals surface area contributed by atoms with E-state index < -0.39 is 5.72 Å². The molecule has 0 aliphatic carbocycles. The van der Waals surface area contributed by atoms with Gasteiger partial charge in [-0.2, -0.15) is 0 Å². The van der Waals surface area contributed by atoms with Crippen molar-refractivity contribution >= 4 is 5.91 Å². The van der Waals surface area contributed by atoms with E-state index in [0.717, 1.165) is 6.42 Å². The van der Waals surface area contributed by atoms with E-state index in [-0.39, 0.29) is 17.7 Å². The molecule has 3 unspecified atom stereocenters. The highest BCUT2D eigenvalue weighted by Gasteiger charge is 2.45. The van der Waals surface area contributed by atoms with Gasteiger partial charge in [0.15, 0.2) is 0 Å². The zero-order valence-electron chi connectivity index (χ0n) is 7.22. The van der Waals surface area contributed by atoms with Crippen molar-refractivity contribution in [1.29, 1.82) is 0 Å². The maximum atomic E-state index is 11.1. The van der Waals surface area contributed by atoms with Crippen molar-refractivity contribution in [3.05, 3.63) is 0 Å². The van der Waals surface area contributed by atoms with Gasteiger partial charge in [0.2, 0.25) is 5.91 Å². The highest BCUT2D eigenvalue weighted by Crippen LogP contribution is 2.32. The lowest BCUT2D eigenvalue weighted by Crippen LogP contribution is -2.42. The number of hydrogen-bond donors (Lipinski definition) is 2. The van der Waals surface area contributed by atoms with Crippen molar-refractivity contribution in [2.75, 3.05) is 0 Å². The van der Waals surface area contributed by atoms with E-state index in [9.17, 15) is 9.90 Å². The van der Waals surface area contributed by atoms with Gasteiger partial charge in [0.1, 0.15) is 5.72 Å². The molecule has 1 heterocycles. The molecule has 64 valence electrons. The molecule has 3 atom stereocenters. The summed E-state index contributed by atoms with van der Waals surface area (Å²) in [6.45, 7) is 5.49. The van der Waals surface area contributed by atoms with E-state index in [0.29, 0.717) is 0 Å². The van der Waals surface area contributed by atoms with Crippen LogP contribution in [0.1, 0.15) is 27.2 Å². The molecule has 2 N–H and O–H groups in total. The summed E-state index contributed by atoms with van der Waals surface area (Å²) >= 11 is 0. The quantitative estimate of drug-likeness (QED) is 0.582. The minimum absolute atomic E-state index is 0.0400. The lowest BCUT2D eigenvalue weighted by Gasteiger charge is -2.24. The second kappa shape index (κ2) is 2.48. The summed E-state index contributed by atoms with van der Waals surface area (Å²) < 4.78 is 0. The topological polar surface area (TPSA) is 49.3 Å². The Morgan fingerprint density at radius 3 is 2.45 bits per heavy atom. The molecule has 3 heteroatoms. The molecule has 1 aliphatic heterocycles. The number of hydrogen-bond acceptors (Lipinski definition) is 2. The first-order valence-electron chi connectivity index (χ1n) is 4.03. The minimum Gasteiger partial charge on any atom is -0.371 e. The predicted molar refractivity (Wildman–Crippen MR) is 41.7 cm³/mol. The molecule has 1 fully saturated rings. The first-order chi connectivity index (χ1) is 4.99. The molecular weight excluding hydrogens is 142 g/mol. The Labute approximate surface area is 66.8 Å². The Morgan fingerprint density at radius 2 is 2.27 bits per heavy atom. The summed E-state index contributed by atoms with van der Waals surface area (Å²) in [7, 11) is 0. The molecular formula is C8H15NO2. The van der Waals surface area contributed by atoms with E-state index in [1.807, 2.05) is 13.8 Å². The van der Waals surface area contributed by atoms with Crippen molar-refractivity contribution in [1.82, 2.24) is 5.32 Å². The van der Waals surface area contributed by atoms with Crippen LogP contribution in [-0.2, 0) is 4.79 Å². The molecule has 0 bridgehead atoms. The van der Waals surface area contributed by atoms with Crippen LogP contribution in [0.15, 0.2) is 0 Å². The fourth-order valence-corrected chi connectivity index (χ4v) is 1.88. The summed E-state index contributed by atoms with van der Waals surface area (Å²) in [5, 5.41) is 12.2. The van der Waals surface area contributed by atoms with Crippen LogP contribution in [-0.4, -0.2) is 16.7 Å². The fraction of sp³-hybridized carbons (Fsp3) is 0.875. The van der Waals surface area contributed by atoms with Crippen molar-refractivity contribution in [3.63, 3.8) is 0 Å². The average molecular weight is 157 g/mol. The van der Waals surface area contributed by atoms with Gasteiger partial charge in [-0.05, 0) is 13.3 Å². The second-order valence-corrected chi connectivity index (χ2v) is 3.44. The first kappa shape index (κ1) is 8.53. The van der Waals surface area contributed by atoms with Gasteiger partial charge < -0.3 is 10.4 Å². The monoisotopic (exact) mass is 157 g/mol. The lowest BCUT2D eigenvalue weighted by molar-refractivity contribution is -0.123. The summed E-state index contributed by atoms with van der Waals surface area (Å²) in [6.07, 6.45) is 0.826. The van der Waals surface area contributed by atoms with Gasteiger partial charge in [-0.25, -0.2) is 0 Å². The Kier molecular flexibility index (Phi) is 1.92. The molecule has 1 amide bonds. The highest BCUT2D eigenvalue weighted by molar-refractivity contribution is 5.81. The third-order valence-corrected chi connectivity index (χ3v) is 2.56. The van der Waals surface area contributed by atoms with E-state index >= 15 is 0 Å². The Hall–Kier alpha value is -0.570. The van der Waals surface area contributed by atoms with Gasteiger partial charge in [0.05, 0.1) is 0 Å². The molecule has 0 saturated carbocycles. The van der Waals surface area contributed by atoms with Crippen LogP contribution >= 0.6 is 0 Å². The van der Waals surface area contributed by atoms with Gasteiger partial charge >= 0.3 is 0 Å². The minimum atomic E-state index is -0.995. The van der Waals surface area contributed by atoms with E-state index in [1.165, 1.54) is 0 Å². The smallest absolute Gasteiger partial charge is 0.225 e. The lowest BCUT2D eigenvalue weighted by atomic mass is 9.88. The van der Waals surface area contributed by atoms with Crippen LogP contribution in [0.3, 0.4) is 0 Å². The molecule has 3 nitrogen and oxygen atoms in total. The van der Waals surface area contributed by atoms with E-state index in [2.05, 4.69) is 5.32 Å². The number of carbonyl (C=O) groups is 1. The molecule has 0 aromatic rings. The van der Waals surface area contributed by atoms with Gasteiger partial charge in [0, 0.05) is 11.8 Å². The predicted octanol–water partition coefficient (Wildman–Crippen LogP) is 0.487. The normalized spacial score (nSPS) is 44.2. The third-order valence-electron chi connectivity index (χ3n) is 2.56. The second-order valence-electron chi connectivity index (χ2n) is 3.44. The first-order valence-corrected chi connectivity index (χ1v) is 4.03. The zero-order valence-corrected chi connectivity index (χ0v) is 7.22. The number of amides is 1. The summed E-state index contributed by atoms with van der Waals surface area (Å²) in [5.41, 5.74) is -0.995. The van der Waals surface area contributed by atoms with Crippen molar-refractivity contribution in [2.45, 2.75) is 32.9 Å².